The lowest BCUT2D eigenvalue weighted by Crippen LogP contribution is -2.30. The maximum atomic E-state index is 12.7. The minimum absolute atomic E-state index is 0.0981. The van der Waals surface area contributed by atoms with Crippen molar-refractivity contribution in [3.05, 3.63) is 85.1 Å². The zero-order valence-electron chi connectivity index (χ0n) is 44.6. The Hall–Kier alpha value is -3.41. The molecule has 0 spiro atoms. The van der Waals surface area contributed by atoms with Crippen molar-refractivity contribution in [2.75, 3.05) is 13.2 Å². The molecule has 6 nitrogen and oxygen atoms in total. The van der Waals surface area contributed by atoms with Gasteiger partial charge in [0.15, 0.2) is 6.10 Å². The van der Waals surface area contributed by atoms with Crippen molar-refractivity contribution in [2.24, 2.45) is 0 Å². The highest BCUT2D eigenvalue weighted by atomic mass is 16.6. The minimum Gasteiger partial charge on any atom is -0.462 e. The summed E-state index contributed by atoms with van der Waals surface area (Å²) >= 11 is 0. The van der Waals surface area contributed by atoms with E-state index in [-0.39, 0.29) is 31.6 Å². The number of unbranched alkanes of at least 4 members (excludes halogenated alkanes) is 27. The summed E-state index contributed by atoms with van der Waals surface area (Å²) in [5.74, 6) is -1.05. The number of hydrogen-bond acceptors (Lipinski definition) is 6. The minimum atomic E-state index is -0.826. The van der Waals surface area contributed by atoms with Crippen molar-refractivity contribution in [3.63, 3.8) is 0 Å². The van der Waals surface area contributed by atoms with Crippen LogP contribution in [0.15, 0.2) is 85.1 Å². The summed E-state index contributed by atoms with van der Waals surface area (Å²) in [5.41, 5.74) is 0. The Morgan fingerprint density at radius 1 is 0.324 bits per heavy atom. The van der Waals surface area contributed by atoms with Crippen molar-refractivity contribution in [1.82, 2.24) is 0 Å². The van der Waals surface area contributed by atoms with Crippen molar-refractivity contribution >= 4 is 17.9 Å². The summed E-state index contributed by atoms with van der Waals surface area (Å²) in [7, 11) is 0. The van der Waals surface area contributed by atoms with Crippen molar-refractivity contribution < 1.29 is 28.6 Å². The first-order chi connectivity index (χ1) is 33.5. The molecule has 0 saturated carbocycles. The molecular weight excluding hydrogens is 841 g/mol. The van der Waals surface area contributed by atoms with Crippen molar-refractivity contribution in [3.8, 4) is 0 Å². The molecule has 0 N–H and O–H groups in total. The largest absolute Gasteiger partial charge is 0.462 e. The molecule has 0 aromatic carbocycles. The third kappa shape index (κ3) is 53.5. The maximum Gasteiger partial charge on any atom is 0.310 e. The highest BCUT2D eigenvalue weighted by Gasteiger charge is 2.19. The maximum absolute atomic E-state index is 12.7. The molecule has 0 heterocycles. The van der Waals surface area contributed by atoms with Gasteiger partial charge in [0.1, 0.15) is 13.2 Å². The number of rotatable bonds is 51. The molecule has 1 unspecified atom stereocenters. The predicted molar refractivity (Wildman–Crippen MR) is 293 cm³/mol. The molecule has 68 heavy (non-hydrogen) atoms. The zero-order valence-corrected chi connectivity index (χ0v) is 44.6. The average molecular weight is 948 g/mol. The topological polar surface area (TPSA) is 78.9 Å². The van der Waals surface area contributed by atoms with Crippen LogP contribution in [0.4, 0.5) is 0 Å². The number of carbonyl (C=O) groups is 3. The lowest BCUT2D eigenvalue weighted by molar-refractivity contribution is -0.166. The smallest absolute Gasteiger partial charge is 0.310 e. The van der Waals surface area contributed by atoms with Crippen LogP contribution in [0.3, 0.4) is 0 Å². The molecule has 0 aliphatic rings. The first kappa shape index (κ1) is 64.6. The van der Waals surface area contributed by atoms with Gasteiger partial charge >= 0.3 is 17.9 Å². The first-order valence-corrected chi connectivity index (χ1v) is 28.6. The molecule has 0 aliphatic heterocycles. The average Bonchev–Trinajstić information content (AvgIpc) is 3.34. The number of hydrogen-bond donors (Lipinski definition) is 0. The summed E-state index contributed by atoms with van der Waals surface area (Å²) in [5, 5.41) is 0. The second kappa shape index (κ2) is 56.2. The van der Waals surface area contributed by atoms with Gasteiger partial charge in [0, 0.05) is 12.8 Å². The standard InChI is InChI=1S/C62H106O6/c1-4-7-10-13-16-18-20-22-24-25-26-27-28-29-30-31-32-33-34-35-36-37-39-40-42-44-46-49-52-55-61(64)67-58-59(57-66-60(63)54-51-48-15-12-9-6-3)68-62(65)56-53-50-47-45-43-41-38-23-21-19-17-14-11-8-5-2/h8,11,17,19-20,22-23,25-26,38,43,45,50,53,59H,4-7,9-10,12-16,18,21,24,27-37,39-42,44,46-49,51-52,54-58H2,1-3H3/b11-8-,19-17-,22-20-,26-25-,38-23-,45-43-,53-50-. The van der Waals surface area contributed by atoms with E-state index in [9.17, 15) is 14.4 Å². The van der Waals surface area contributed by atoms with E-state index in [1.165, 1.54) is 154 Å². The fourth-order valence-corrected chi connectivity index (χ4v) is 7.90. The van der Waals surface area contributed by atoms with Gasteiger partial charge in [-0.25, -0.2) is 0 Å². The Bertz CT molecular complexity index is 1320. The van der Waals surface area contributed by atoms with Gasteiger partial charge in [0.05, 0.1) is 6.42 Å². The summed E-state index contributed by atoms with van der Waals surface area (Å²) in [6.45, 7) is 6.37. The lowest BCUT2D eigenvalue weighted by Gasteiger charge is -2.18. The number of carbonyl (C=O) groups excluding carboxylic acids is 3. The Labute approximate surface area is 420 Å². The Morgan fingerprint density at radius 3 is 0.971 bits per heavy atom. The van der Waals surface area contributed by atoms with Crippen LogP contribution in [0.25, 0.3) is 0 Å². The van der Waals surface area contributed by atoms with Gasteiger partial charge < -0.3 is 14.2 Å². The number of esters is 3. The van der Waals surface area contributed by atoms with Crippen LogP contribution in [0.5, 0.6) is 0 Å². The molecule has 390 valence electrons. The van der Waals surface area contributed by atoms with Crippen LogP contribution in [0, 0.1) is 0 Å². The summed E-state index contributed by atoms with van der Waals surface area (Å²) in [6.07, 6.45) is 73.7. The normalized spacial score (nSPS) is 12.7. The highest BCUT2D eigenvalue weighted by molar-refractivity contribution is 5.72. The van der Waals surface area contributed by atoms with Crippen LogP contribution in [0.1, 0.15) is 271 Å². The molecule has 6 heteroatoms. The molecule has 0 radical (unpaired) electrons. The van der Waals surface area contributed by atoms with Gasteiger partial charge in [-0.2, -0.15) is 0 Å². The van der Waals surface area contributed by atoms with E-state index in [0.717, 1.165) is 77.0 Å². The van der Waals surface area contributed by atoms with E-state index in [1.54, 1.807) is 6.08 Å². The number of ether oxygens (including phenoxy) is 3. The van der Waals surface area contributed by atoms with Crippen LogP contribution in [-0.2, 0) is 28.6 Å². The zero-order chi connectivity index (χ0) is 49.3. The SMILES string of the molecule is CC/C=C\C/C=C\C/C=C\C/C=C\C/C=C\CC(=O)OC(COC(=O)CCCCCCCC)COC(=O)CCCCCCCCCCCCCCCCCCC/C=C\C/C=C\CCCCCCC. The Balaban J connectivity index is 4.10. The first-order valence-electron chi connectivity index (χ1n) is 28.6. The molecule has 0 rings (SSSR count). The van der Waals surface area contributed by atoms with E-state index < -0.39 is 12.1 Å². The Morgan fingerprint density at radius 2 is 0.618 bits per heavy atom. The van der Waals surface area contributed by atoms with Gasteiger partial charge in [-0.05, 0) is 77.0 Å². The van der Waals surface area contributed by atoms with E-state index in [1.807, 2.05) is 6.08 Å². The van der Waals surface area contributed by atoms with Gasteiger partial charge in [-0.1, -0.05) is 260 Å². The Kier molecular flexibility index (Phi) is 53.4. The molecule has 0 amide bonds. The highest BCUT2D eigenvalue weighted by Crippen LogP contribution is 2.16. The summed E-state index contributed by atoms with van der Waals surface area (Å²) < 4.78 is 16.6. The molecule has 0 aromatic rings. The van der Waals surface area contributed by atoms with Crippen LogP contribution >= 0.6 is 0 Å². The van der Waals surface area contributed by atoms with Crippen molar-refractivity contribution in [1.29, 1.82) is 0 Å². The van der Waals surface area contributed by atoms with E-state index >= 15 is 0 Å². The third-order valence-corrected chi connectivity index (χ3v) is 12.2. The second-order valence-electron chi connectivity index (χ2n) is 18.8. The predicted octanol–water partition coefficient (Wildman–Crippen LogP) is 19.2. The lowest BCUT2D eigenvalue weighted by atomic mass is 10.0. The van der Waals surface area contributed by atoms with Crippen LogP contribution in [0.2, 0.25) is 0 Å². The van der Waals surface area contributed by atoms with E-state index in [4.69, 9.17) is 14.2 Å². The molecular formula is C62H106O6. The van der Waals surface area contributed by atoms with E-state index in [0.29, 0.717) is 12.8 Å². The van der Waals surface area contributed by atoms with E-state index in [2.05, 4.69) is 93.7 Å². The fourth-order valence-electron chi connectivity index (χ4n) is 7.90. The van der Waals surface area contributed by atoms with Crippen molar-refractivity contribution in [2.45, 2.75) is 277 Å². The summed E-state index contributed by atoms with van der Waals surface area (Å²) in [4.78, 5) is 37.7. The molecule has 0 fully saturated rings. The molecule has 0 aliphatic carbocycles. The molecule has 1 atom stereocenters. The summed E-state index contributed by atoms with van der Waals surface area (Å²) in [6, 6.07) is 0. The molecule has 0 bridgehead atoms. The van der Waals surface area contributed by atoms with Gasteiger partial charge in [0.25, 0.3) is 0 Å². The third-order valence-electron chi connectivity index (χ3n) is 12.2. The quantitative estimate of drug-likeness (QED) is 0.0262. The van der Waals surface area contributed by atoms with Crippen LogP contribution in [-0.4, -0.2) is 37.2 Å². The number of allylic oxidation sites excluding steroid dienone is 13. The van der Waals surface area contributed by atoms with Gasteiger partial charge in [-0.15, -0.1) is 0 Å². The molecule has 0 saturated heterocycles. The van der Waals surface area contributed by atoms with Gasteiger partial charge in [-0.3, -0.25) is 14.4 Å². The van der Waals surface area contributed by atoms with Gasteiger partial charge in [0.2, 0.25) is 0 Å². The monoisotopic (exact) mass is 947 g/mol. The second-order valence-corrected chi connectivity index (χ2v) is 18.8. The van der Waals surface area contributed by atoms with Crippen LogP contribution < -0.4 is 0 Å². The fraction of sp³-hybridized carbons (Fsp3) is 0.726. The molecule has 0 aromatic heterocycles.